The van der Waals surface area contributed by atoms with Crippen LogP contribution in [0.3, 0.4) is 0 Å². The zero-order valence-electron chi connectivity index (χ0n) is 8.25. The standard InChI is InChI=1S/C8H7F3O4S/c1-14-5-3-4(9)8(7(11)6(5)10)15-16(2,12)13/h3H,1-2H3. The molecule has 0 aliphatic heterocycles. The molecule has 0 radical (unpaired) electrons. The molecule has 0 aliphatic carbocycles. The van der Waals surface area contributed by atoms with Gasteiger partial charge in [0.25, 0.3) is 0 Å². The van der Waals surface area contributed by atoms with Gasteiger partial charge in [-0.1, -0.05) is 0 Å². The molecule has 0 N–H and O–H groups in total. The average Bonchev–Trinajstić information content (AvgIpc) is 2.17. The van der Waals surface area contributed by atoms with E-state index < -0.39 is 39.1 Å². The third-order valence-corrected chi connectivity index (χ3v) is 2.01. The van der Waals surface area contributed by atoms with Crippen molar-refractivity contribution in [1.29, 1.82) is 0 Å². The second kappa shape index (κ2) is 4.20. The van der Waals surface area contributed by atoms with Crippen LogP contribution in [-0.4, -0.2) is 21.8 Å². The number of ether oxygens (including phenoxy) is 1. The van der Waals surface area contributed by atoms with E-state index in [0.717, 1.165) is 7.11 Å². The Labute approximate surface area is 89.7 Å². The van der Waals surface area contributed by atoms with Crippen LogP contribution in [0.4, 0.5) is 13.2 Å². The molecule has 1 rings (SSSR count). The van der Waals surface area contributed by atoms with Gasteiger partial charge in [0, 0.05) is 6.07 Å². The lowest BCUT2D eigenvalue weighted by Gasteiger charge is -2.08. The van der Waals surface area contributed by atoms with Crippen LogP contribution in [0, 0.1) is 17.5 Å². The first-order chi connectivity index (χ1) is 7.26. The van der Waals surface area contributed by atoms with Crippen LogP contribution in [0.25, 0.3) is 0 Å². The van der Waals surface area contributed by atoms with Crippen molar-refractivity contribution in [3.05, 3.63) is 23.5 Å². The minimum absolute atomic E-state index is 0.485. The number of hydrogen-bond donors (Lipinski definition) is 0. The number of methoxy groups -OCH3 is 1. The maximum atomic E-state index is 13.2. The van der Waals surface area contributed by atoms with E-state index >= 15 is 0 Å². The van der Waals surface area contributed by atoms with E-state index in [2.05, 4.69) is 8.92 Å². The lowest BCUT2D eigenvalue weighted by Crippen LogP contribution is -2.10. The molecule has 0 spiro atoms. The fraction of sp³-hybridized carbons (Fsp3) is 0.250. The highest BCUT2D eigenvalue weighted by atomic mass is 32.2. The molecule has 0 aromatic heterocycles. The first-order valence-electron chi connectivity index (χ1n) is 3.87. The highest BCUT2D eigenvalue weighted by Crippen LogP contribution is 2.31. The van der Waals surface area contributed by atoms with Crippen molar-refractivity contribution in [1.82, 2.24) is 0 Å². The van der Waals surface area contributed by atoms with Crippen molar-refractivity contribution < 1.29 is 30.5 Å². The summed E-state index contributed by atoms with van der Waals surface area (Å²) in [6.45, 7) is 0. The predicted molar refractivity (Wildman–Crippen MR) is 48.3 cm³/mol. The van der Waals surface area contributed by atoms with E-state index in [1.54, 1.807) is 0 Å². The molecule has 0 aliphatic rings. The van der Waals surface area contributed by atoms with Crippen LogP contribution >= 0.6 is 0 Å². The highest BCUT2D eigenvalue weighted by molar-refractivity contribution is 7.86. The fourth-order valence-electron chi connectivity index (χ4n) is 0.933. The maximum Gasteiger partial charge on any atom is 0.306 e. The Hall–Kier alpha value is -1.44. The van der Waals surface area contributed by atoms with Gasteiger partial charge in [-0.2, -0.15) is 17.2 Å². The molecule has 0 unspecified atom stereocenters. The summed E-state index contributed by atoms with van der Waals surface area (Å²) in [6, 6.07) is 0.485. The lowest BCUT2D eigenvalue weighted by molar-refractivity contribution is 0.353. The zero-order chi connectivity index (χ0) is 12.5. The molecule has 0 heterocycles. The van der Waals surface area contributed by atoms with E-state index in [4.69, 9.17) is 0 Å². The molecule has 16 heavy (non-hydrogen) atoms. The van der Waals surface area contributed by atoms with Crippen LogP contribution < -0.4 is 8.92 Å². The zero-order valence-corrected chi connectivity index (χ0v) is 9.07. The molecule has 0 amide bonds. The maximum absolute atomic E-state index is 13.2. The third-order valence-electron chi connectivity index (χ3n) is 1.54. The minimum Gasteiger partial charge on any atom is -0.493 e. The first kappa shape index (κ1) is 12.6. The Bertz CT molecular complexity index is 513. The van der Waals surface area contributed by atoms with Gasteiger partial charge in [0.2, 0.25) is 17.4 Å². The van der Waals surface area contributed by atoms with Crippen LogP contribution in [0.1, 0.15) is 0 Å². The fourth-order valence-corrected chi connectivity index (χ4v) is 1.39. The summed E-state index contributed by atoms with van der Waals surface area (Å²) >= 11 is 0. The quantitative estimate of drug-likeness (QED) is 0.606. The van der Waals surface area contributed by atoms with Gasteiger partial charge in [-0.25, -0.2) is 4.39 Å². The molecule has 8 heteroatoms. The normalized spacial score (nSPS) is 11.3. The molecule has 0 bridgehead atoms. The molecule has 0 saturated carbocycles. The molecular weight excluding hydrogens is 249 g/mol. The summed E-state index contributed by atoms with van der Waals surface area (Å²) in [5.74, 6) is -6.66. The minimum atomic E-state index is -4.15. The lowest BCUT2D eigenvalue weighted by atomic mass is 10.3. The second-order valence-corrected chi connectivity index (χ2v) is 4.38. The number of hydrogen-bond acceptors (Lipinski definition) is 4. The van der Waals surface area contributed by atoms with Gasteiger partial charge in [0.1, 0.15) is 0 Å². The molecule has 1 aromatic carbocycles. The van der Waals surface area contributed by atoms with Crippen molar-refractivity contribution >= 4 is 10.1 Å². The van der Waals surface area contributed by atoms with Crippen LogP contribution in [0.5, 0.6) is 11.5 Å². The van der Waals surface area contributed by atoms with Gasteiger partial charge in [0.15, 0.2) is 11.6 Å². The summed E-state index contributed by atoms with van der Waals surface area (Å²) in [4.78, 5) is 0. The SMILES string of the molecule is COc1cc(F)c(OS(C)(=O)=O)c(F)c1F. The second-order valence-electron chi connectivity index (χ2n) is 2.81. The van der Waals surface area contributed by atoms with Gasteiger partial charge in [-0.05, 0) is 0 Å². The topological polar surface area (TPSA) is 52.6 Å². The molecule has 0 fully saturated rings. The van der Waals surface area contributed by atoms with Crippen molar-refractivity contribution in [2.45, 2.75) is 0 Å². The van der Waals surface area contributed by atoms with Crippen molar-refractivity contribution in [2.75, 3.05) is 13.4 Å². The average molecular weight is 256 g/mol. The summed E-state index contributed by atoms with van der Waals surface area (Å²) in [6.07, 6.45) is 0.577. The summed E-state index contributed by atoms with van der Waals surface area (Å²) in [5, 5.41) is 0. The third kappa shape index (κ3) is 2.57. The van der Waals surface area contributed by atoms with E-state index in [0.29, 0.717) is 12.3 Å². The Balaban J connectivity index is 3.37. The van der Waals surface area contributed by atoms with E-state index in [1.165, 1.54) is 0 Å². The summed E-state index contributed by atoms with van der Waals surface area (Å²) < 4.78 is 69.0. The molecule has 1 aromatic rings. The Morgan fingerprint density at radius 2 is 1.75 bits per heavy atom. The van der Waals surface area contributed by atoms with Gasteiger partial charge in [-0.3, -0.25) is 0 Å². The highest BCUT2D eigenvalue weighted by Gasteiger charge is 2.23. The Morgan fingerprint density at radius 1 is 1.19 bits per heavy atom. The van der Waals surface area contributed by atoms with Gasteiger partial charge in [-0.15, -0.1) is 0 Å². The first-order valence-corrected chi connectivity index (χ1v) is 5.69. The smallest absolute Gasteiger partial charge is 0.306 e. The van der Waals surface area contributed by atoms with Crippen molar-refractivity contribution in [3.63, 3.8) is 0 Å². The Kier molecular flexibility index (Phi) is 3.32. The summed E-state index contributed by atoms with van der Waals surface area (Å²) in [7, 11) is -3.14. The van der Waals surface area contributed by atoms with E-state index in [1.807, 2.05) is 0 Å². The number of halogens is 3. The largest absolute Gasteiger partial charge is 0.493 e. The predicted octanol–water partition coefficient (Wildman–Crippen LogP) is 1.45. The number of rotatable bonds is 3. The van der Waals surface area contributed by atoms with Crippen molar-refractivity contribution in [3.8, 4) is 11.5 Å². The van der Waals surface area contributed by atoms with E-state index in [-0.39, 0.29) is 0 Å². The van der Waals surface area contributed by atoms with Crippen molar-refractivity contribution in [2.24, 2.45) is 0 Å². The molecule has 90 valence electrons. The van der Waals surface area contributed by atoms with Crippen LogP contribution in [0.2, 0.25) is 0 Å². The Morgan fingerprint density at radius 3 is 2.19 bits per heavy atom. The number of benzene rings is 1. The van der Waals surface area contributed by atoms with Crippen LogP contribution in [0.15, 0.2) is 6.07 Å². The molecular formula is C8H7F3O4S. The van der Waals surface area contributed by atoms with Gasteiger partial charge in [0.05, 0.1) is 13.4 Å². The van der Waals surface area contributed by atoms with Crippen LogP contribution in [-0.2, 0) is 10.1 Å². The summed E-state index contributed by atoms with van der Waals surface area (Å²) in [5.41, 5.74) is 0. The monoisotopic (exact) mass is 256 g/mol. The molecule has 0 atom stereocenters. The van der Waals surface area contributed by atoms with Gasteiger partial charge >= 0.3 is 10.1 Å². The van der Waals surface area contributed by atoms with Gasteiger partial charge < -0.3 is 8.92 Å². The molecule has 4 nitrogen and oxygen atoms in total. The van der Waals surface area contributed by atoms with E-state index in [9.17, 15) is 21.6 Å². The molecule has 0 saturated heterocycles.